The highest BCUT2D eigenvalue weighted by Gasteiger charge is 2.48. The minimum atomic E-state index is -0.560. The number of anilines is 1. The number of nitrogens with one attached hydrogen (secondary N) is 1. The third-order valence-electron chi connectivity index (χ3n) is 5.79. The van der Waals surface area contributed by atoms with E-state index in [1.807, 2.05) is 59.7 Å². The number of alkyl carbamates (subject to hydrolysis) is 1. The van der Waals surface area contributed by atoms with Crippen molar-refractivity contribution in [3.8, 4) is 0 Å². The van der Waals surface area contributed by atoms with Crippen LogP contribution in [0, 0.1) is 0 Å². The van der Waals surface area contributed by atoms with Gasteiger partial charge in [-0.1, -0.05) is 12.1 Å². The smallest absolute Gasteiger partial charge is 0.414 e. The summed E-state index contributed by atoms with van der Waals surface area (Å²) in [4.78, 5) is 29.4. The maximum atomic E-state index is 13.1. The number of fused-ring (bicyclic) bond motifs is 2. The zero-order valence-electron chi connectivity index (χ0n) is 20.0. The number of hydrogen-bond acceptors (Lipinski definition) is 5. The fourth-order valence-corrected chi connectivity index (χ4v) is 4.45. The average molecular weight is 432 g/mol. The van der Waals surface area contributed by atoms with Gasteiger partial charge in [-0.3, -0.25) is 4.90 Å². The first-order valence-electron chi connectivity index (χ1n) is 11.1. The molecule has 1 aromatic rings. The second-order valence-corrected chi connectivity index (χ2v) is 10.8. The highest BCUT2D eigenvalue weighted by Crippen LogP contribution is 2.49. The normalized spacial score (nSPS) is 18.6. The SMILES string of the molecule is CN1CCC2(CC1)CN(C(=O)OC(C)(C)C)c1cccc(CNC(=O)OC(C)(C)C)c12. The molecule has 2 aliphatic heterocycles. The van der Waals surface area contributed by atoms with E-state index in [2.05, 4.69) is 17.3 Å². The van der Waals surface area contributed by atoms with Crippen LogP contribution in [0.25, 0.3) is 0 Å². The van der Waals surface area contributed by atoms with Crippen molar-refractivity contribution in [3.05, 3.63) is 29.3 Å². The van der Waals surface area contributed by atoms with Crippen molar-refractivity contribution in [1.82, 2.24) is 10.2 Å². The Hall–Kier alpha value is -2.28. The Bertz CT molecular complexity index is 830. The Morgan fingerprint density at radius 1 is 1.03 bits per heavy atom. The second-order valence-electron chi connectivity index (χ2n) is 10.8. The summed E-state index contributed by atoms with van der Waals surface area (Å²) >= 11 is 0. The molecule has 2 amide bonds. The number of benzene rings is 1. The monoisotopic (exact) mass is 431 g/mol. The molecule has 1 aromatic carbocycles. The summed E-state index contributed by atoms with van der Waals surface area (Å²) < 4.78 is 11.1. The average Bonchev–Trinajstić information content (AvgIpc) is 2.95. The minimum Gasteiger partial charge on any atom is -0.444 e. The zero-order valence-corrected chi connectivity index (χ0v) is 20.0. The van der Waals surface area contributed by atoms with Gasteiger partial charge in [0, 0.05) is 18.5 Å². The number of piperidine rings is 1. The number of carbonyl (C=O) groups is 2. The summed E-state index contributed by atoms with van der Waals surface area (Å²) in [6, 6.07) is 5.97. The Labute approximate surface area is 186 Å². The number of likely N-dealkylation sites (tertiary alicyclic amines) is 1. The van der Waals surface area contributed by atoms with Gasteiger partial charge in [-0.15, -0.1) is 0 Å². The molecule has 1 saturated heterocycles. The molecule has 2 heterocycles. The van der Waals surface area contributed by atoms with Gasteiger partial charge in [-0.2, -0.15) is 0 Å². The van der Waals surface area contributed by atoms with Gasteiger partial charge >= 0.3 is 12.2 Å². The van der Waals surface area contributed by atoms with Crippen molar-refractivity contribution < 1.29 is 19.1 Å². The highest BCUT2D eigenvalue weighted by atomic mass is 16.6. The van der Waals surface area contributed by atoms with E-state index in [1.165, 1.54) is 0 Å². The third kappa shape index (κ3) is 5.50. The number of carbonyl (C=O) groups excluding carboxylic acids is 2. The third-order valence-corrected chi connectivity index (χ3v) is 5.79. The number of hydrogen-bond donors (Lipinski definition) is 1. The molecule has 2 aliphatic rings. The molecular weight excluding hydrogens is 394 g/mol. The summed E-state index contributed by atoms with van der Waals surface area (Å²) in [6.07, 6.45) is 1.16. The van der Waals surface area contributed by atoms with Gasteiger partial charge in [0.2, 0.25) is 0 Å². The van der Waals surface area contributed by atoms with Gasteiger partial charge < -0.3 is 19.7 Å². The topological polar surface area (TPSA) is 71.1 Å². The molecule has 0 saturated carbocycles. The van der Waals surface area contributed by atoms with E-state index >= 15 is 0 Å². The van der Waals surface area contributed by atoms with E-state index in [0.29, 0.717) is 13.1 Å². The minimum absolute atomic E-state index is 0.134. The first-order chi connectivity index (χ1) is 14.3. The van der Waals surface area contributed by atoms with E-state index in [0.717, 1.165) is 42.7 Å². The van der Waals surface area contributed by atoms with Gasteiger partial charge in [-0.25, -0.2) is 9.59 Å². The van der Waals surface area contributed by atoms with Crippen molar-refractivity contribution in [3.63, 3.8) is 0 Å². The van der Waals surface area contributed by atoms with E-state index < -0.39 is 17.3 Å². The van der Waals surface area contributed by atoms with Gasteiger partial charge in [0.25, 0.3) is 0 Å². The van der Waals surface area contributed by atoms with E-state index in [-0.39, 0.29) is 11.5 Å². The molecule has 172 valence electrons. The molecule has 7 heteroatoms. The lowest BCUT2D eigenvalue weighted by molar-refractivity contribution is 0.0521. The van der Waals surface area contributed by atoms with Crippen LogP contribution >= 0.6 is 0 Å². The molecule has 0 unspecified atom stereocenters. The number of nitrogens with zero attached hydrogens (tertiary/aromatic N) is 2. The van der Waals surface area contributed by atoms with Gasteiger partial charge in [0.15, 0.2) is 0 Å². The lowest BCUT2D eigenvalue weighted by Gasteiger charge is -2.39. The fraction of sp³-hybridized carbons (Fsp3) is 0.667. The van der Waals surface area contributed by atoms with Crippen LogP contribution in [0.15, 0.2) is 18.2 Å². The molecule has 0 radical (unpaired) electrons. The highest BCUT2D eigenvalue weighted by molar-refractivity contribution is 5.92. The number of amides is 2. The van der Waals surface area contributed by atoms with Crippen LogP contribution in [0.3, 0.4) is 0 Å². The summed E-state index contributed by atoms with van der Waals surface area (Å²) in [7, 11) is 2.13. The van der Waals surface area contributed by atoms with Crippen LogP contribution in [0.1, 0.15) is 65.5 Å². The molecule has 1 N–H and O–H groups in total. The van der Waals surface area contributed by atoms with Crippen molar-refractivity contribution in [2.45, 2.75) is 77.5 Å². The van der Waals surface area contributed by atoms with E-state index in [9.17, 15) is 9.59 Å². The van der Waals surface area contributed by atoms with Crippen LogP contribution < -0.4 is 10.2 Å². The molecule has 1 fully saturated rings. The quantitative estimate of drug-likeness (QED) is 0.750. The van der Waals surface area contributed by atoms with E-state index in [4.69, 9.17) is 9.47 Å². The van der Waals surface area contributed by atoms with Gasteiger partial charge in [0.1, 0.15) is 11.2 Å². The lowest BCUT2D eigenvalue weighted by Crippen LogP contribution is -2.46. The molecule has 0 aliphatic carbocycles. The predicted octanol–water partition coefficient (Wildman–Crippen LogP) is 4.43. The molecule has 1 spiro atoms. The summed E-state index contributed by atoms with van der Waals surface area (Å²) in [5.41, 5.74) is 1.83. The maximum Gasteiger partial charge on any atom is 0.414 e. The number of rotatable bonds is 2. The first kappa shape index (κ1) is 23.4. The van der Waals surface area contributed by atoms with Crippen LogP contribution in [0.2, 0.25) is 0 Å². The summed E-state index contributed by atoms with van der Waals surface area (Å²) in [5.74, 6) is 0. The van der Waals surface area contributed by atoms with Crippen molar-refractivity contribution in [1.29, 1.82) is 0 Å². The zero-order chi connectivity index (χ0) is 23.0. The van der Waals surface area contributed by atoms with Crippen LogP contribution in [-0.2, 0) is 21.4 Å². The molecule has 0 aromatic heterocycles. The Balaban J connectivity index is 1.92. The predicted molar refractivity (Wildman–Crippen MR) is 122 cm³/mol. The lowest BCUT2D eigenvalue weighted by atomic mass is 9.72. The van der Waals surface area contributed by atoms with Crippen molar-refractivity contribution in [2.75, 3.05) is 31.6 Å². The molecule has 3 rings (SSSR count). The molecule has 0 atom stereocenters. The molecular formula is C24H37N3O4. The molecule has 31 heavy (non-hydrogen) atoms. The van der Waals surface area contributed by atoms with Gasteiger partial charge in [-0.05, 0) is 91.7 Å². The summed E-state index contributed by atoms with van der Waals surface area (Å²) in [6.45, 7) is 14.1. The van der Waals surface area contributed by atoms with Crippen LogP contribution in [0.4, 0.5) is 15.3 Å². The Kier molecular flexibility index (Phi) is 6.29. The fourth-order valence-electron chi connectivity index (χ4n) is 4.45. The Morgan fingerprint density at radius 3 is 2.23 bits per heavy atom. The largest absolute Gasteiger partial charge is 0.444 e. The van der Waals surface area contributed by atoms with Crippen LogP contribution in [-0.4, -0.2) is 55.0 Å². The maximum absolute atomic E-state index is 13.1. The van der Waals surface area contributed by atoms with Crippen molar-refractivity contribution in [2.24, 2.45) is 0 Å². The van der Waals surface area contributed by atoms with Crippen LogP contribution in [0.5, 0.6) is 0 Å². The van der Waals surface area contributed by atoms with E-state index in [1.54, 1.807) is 4.90 Å². The second kappa shape index (κ2) is 8.34. The standard InChI is InChI=1S/C24H37N3O4/c1-22(2,3)30-20(28)25-15-17-9-8-10-18-19(17)24(11-13-26(7)14-12-24)16-27(18)21(29)31-23(4,5)6/h8-10H,11-16H2,1-7H3,(H,25,28). The molecule has 7 nitrogen and oxygen atoms in total. The number of ether oxygens (including phenoxy) is 2. The molecule has 0 bridgehead atoms. The van der Waals surface area contributed by atoms with Gasteiger partial charge in [0.05, 0.1) is 5.69 Å². The first-order valence-corrected chi connectivity index (χ1v) is 11.1. The van der Waals surface area contributed by atoms with Crippen molar-refractivity contribution >= 4 is 17.9 Å². The Morgan fingerprint density at radius 2 is 1.65 bits per heavy atom. The summed E-state index contributed by atoms with van der Waals surface area (Å²) in [5, 5.41) is 2.89.